The average Bonchev–Trinajstić information content (AvgIpc) is 2.19. The van der Waals surface area contributed by atoms with Crippen molar-refractivity contribution in [3.8, 4) is 0 Å². The van der Waals surface area contributed by atoms with Crippen molar-refractivity contribution in [3.63, 3.8) is 0 Å². The first kappa shape index (κ1) is 4.79. The molecule has 0 amide bonds. The monoisotopic (exact) mass is 105 g/mol. The summed E-state index contributed by atoms with van der Waals surface area (Å²) in [7, 11) is 0. The van der Waals surface area contributed by atoms with Gasteiger partial charge in [0.05, 0.1) is 0 Å². The molecule has 0 heterocycles. The smallest absolute Gasteiger partial charge is 0.211 e. The molecule has 1 rings (SSSR count). The van der Waals surface area contributed by atoms with E-state index in [1.807, 2.05) is 0 Å². The lowest BCUT2D eigenvalue weighted by Gasteiger charge is -1.71. The van der Waals surface area contributed by atoms with Crippen molar-refractivity contribution in [1.82, 2.24) is 0 Å². The van der Waals surface area contributed by atoms with Crippen LogP contribution in [0.3, 0.4) is 0 Å². The molecule has 0 spiro atoms. The summed E-state index contributed by atoms with van der Waals surface area (Å²) < 4.78 is 0. The molecular formula is C6H3NO. The third-order valence-corrected chi connectivity index (χ3v) is 0.748. The van der Waals surface area contributed by atoms with E-state index in [1.54, 1.807) is 18.2 Å². The Bertz CT molecular complexity index is 225. The summed E-state index contributed by atoms with van der Waals surface area (Å²) in [4.78, 5) is 12.9. The van der Waals surface area contributed by atoms with Gasteiger partial charge in [-0.05, 0) is 12.2 Å². The minimum atomic E-state index is 0.542. The molecule has 1 aliphatic carbocycles. The van der Waals surface area contributed by atoms with E-state index >= 15 is 0 Å². The van der Waals surface area contributed by atoms with Gasteiger partial charge < -0.3 is 0 Å². The van der Waals surface area contributed by atoms with E-state index in [4.69, 9.17) is 0 Å². The summed E-state index contributed by atoms with van der Waals surface area (Å²) in [6.07, 6.45) is 6.55. The van der Waals surface area contributed by atoms with E-state index in [2.05, 4.69) is 10.7 Å². The SMILES string of the molecule is O=C=NC1=C=CC=C1. The van der Waals surface area contributed by atoms with Gasteiger partial charge in [-0.15, -0.1) is 0 Å². The Hall–Kier alpha value is -1.36. The normalized spacial score (nSPS) is 13.2. The van der Waals surface area contributed by atoms with E-state index < -0.39 is 0 Å². The lowest BCUT2D eigenvalue weighted by atomic mass is 10.5. The van der Waals surface area contributed by atoms with Gasteiger partial charge in [0.15, 0.2) is 0 Å². The number of isocyanates is 1. The third-order valence-electron chi connectivity index (χ3n) is 0.748. The van der Waals surface area contributed by atoms with Crippen molar-refractivity contribution < 1.29 is 4.79 Å². The van der Waals surface area contributed by atoms with Crippen LogP contribution in [0.5, 0.6) is 0 Å². The molecule has 8 heavy (non-hydrogen) atoms. The van der Waals surface area contributed by atoms with Crippen LogP contribution in [0.4, 0.5) is 0 Å². The van der Waals surface area contributed by atoms with Crippen LogP contribution in [0.1, 0.15) is 0 Å². The molecule has 0 unspecified atom stereocenters. The van der Waals surface area contributed by atoms with Gasteiger partial charge in [0.1, 0.15) is 5.70 Å². The second-order valence-electron chi connectivity index (χ2n) is 1.26. The highest BCUT2D eigenvalue weighted by molar-refractivity contribution is 5.41. The highest BCUT2D eigenvalue weighted by Crippen LogP contribution is 2.00. The number of allylic oxidation sites excluding steroid dienone is 2. The summed E-state index contributed by atoms with van der Waals surface area (Å²) in [6.45, 7) is 0. The Morgan fingerprint density at radius 1 is 1.75 bits per heavy atom. The quantitative estimate of drug-likeness (QED) is 0.277. The molecule has 2 heteroatoms. The van der Waals surface area contributed by atoms with E-state index in [0.717, 1.165) is 0 Å². The minimum absolute atomic E-state index is 0.542. The Morgan fingerprint density at radius 3 is 3.12 bits per heavy atom. The predicted molar refractivity (Wildman–Crippen MR) is 28.9 cm³/mol. The van der Waals surface area contributed by atoms with Gasteiger partial charge in [0.25, 0.3) is 0 Å². The molecule has 0 atom stereocenters. The maximum absolute atomic E-state index is 9.56. The fraction of sp³-hybridized carbons (Fsp3) is 0. The molecule has 0 bridgehead atoms. The van der Waals surface area contributed by atoms with Crippen molar-refractivity contribution in [2.45, 2.75) is 0 Å². The summed E-state index contributed by atoms with van der Waals surface area (Å²) in [6, 6.07) is 0. The van der Waals surface area contributed by atoms with E-state index in [9.17, 15) is 4.79 Å². The topological polar surface area (TPSA) is 29.4 Å². The van der Waals surface area contributed by atoms with Crippen LogP contribution in [-0.2, 0) is 4.79 Å². The van der Waals surface area contributed by atoms with Gasteiger partial charge in [-0.25, -0.2) is 4.79 Å². The van der Waals surface area contributed by atoms with Crippen LogP contribution in [0.25, 0.3) is 0 Å². The summed E-state index contributed by atoms with van der Waals surface area (Å²) >= 11 is 0. The van der Waals surface area contributed by atoms with Crippen molar-refractivity contribution in [2.24, 2.45) is 4.99 Å². The number of rotatable bonds is 1. The summed E-state index contributed by atoms with van der Waals surface area (Å²) in [5.41, 5.74) is 3.25. The molecule has 1 aliphatic rings. The zero-order valence-electron chi connectivity index (χ0n) is 4.09. The molecule has 0 aliphatic heterocycles. The van der Waals surface area contributed by atoms with Gasteiger partial charge in [-0.2, -0.15) is 4.99 Å². The largest absolute Gasteiger partial charge is 0.241 e. The molecule has 2 nitrogen and oxygen atoms in total. The maximum atomic E-state index is 9.56. The molecule has 0 saturated heterocycles. The van der Waals surface area contributed by atoms with Crippen LogP contribution in [0.15, 0.2) is 34.6 Å². The molecule has 0 aromatic rings. The van der Waals surface area contributed by atoms with E-state index in [1.165, 1.54) is 6.08 Å². The first-order chi connectivity index (χ1) is 3.93. The maximum Gasteiger partial charge on any atom is 0.241 e. The Labute approximate surface area is 46.5 Å². The summed E-state index contributed by atoms with van der Waals surface area (Å²) in [5.74, 6) is 0. The fourth-order valence-corrected chi connectivity index (χ4v) is 0.440. The van der Waals surface area contributed by atoms with Crippen LogP contribution in [-0.4, -0.2) is 6.08 Å². The second-order valence-corrected chi connectivity index (χ2v) is 1.26. The van der Waals surface area contributed by atoms with Crippen LogP contribution in [0, 0.1) is 0 Å². The molecule has 38 valence electrons. The Kier molecular flexibility index (Phi) is 1.25. The highest BCUT2D eigenvalue weighted by atomic mass is 16.1. The third kappa shape index (κ3) is 0.824. The highest BCUT2D eigenvalue weighted by Gasteiger charge is 1.85. The van der Waals surface area contributed by atoms with Gasteiger partial charge >= 0.3 is 0 Å². The fourth-order valence-electron chi connectivity index (χ4n) is 0.440. The second kappa shape index (κ2) is 2.08. The zero-order valence-corrected chi connectivity index (χ0v) is 4.09. The number of nitrogens with zero attached hydrogens (tertiary/aromatic N) is 1. The van der Waals surface area contributed by atoms with Crippen LogP contribution < -0.4 is 0 Å². The van der Waals surface area contributed by atoms with Gasteiger partial charge in [0.2, 0.25) is 6.08 Å². The molecule has 0 fully saturated rings. The van der Waals surface area contributed by atoms with Crippen molar-refractivity contribution in [2.75, 3.05) is 0 Å². The van der Waals surface area contributed by atoms with Crippen molar-refractivity contribution in [3.05, 3.63) is 29.7 Å². The van der Waals surface area contributed by atoms with E-state index in [0.29, 0.717) is 5.70 Å². The molecule has 0 radical (unpaired) electrons. The van der Waals surface area contributed by atoms with Crippen molar-refractivity contribution >= 4 is 6.08 Å². The lowest BCUT2D eigenvalue weighted by molar-refractivity contribution is 0.565. The Balaban J connectivity index is 2.90. The predicted octanol–water partition coefficient (Wildman–Crippen LogP) is 0.931. The summed E-state index contributed by atoms with van der Waals surface area (Å²) in [5, 5.41) is 0. The van der Waals surface area contributed by atoms with Gasteiger partial charge in [0, 0.05) is 0 Å². The van der Waals surface area contributed by atoms with Gasteiger partial charge in [-0.1, -0.05) is 11.8 Å². The number of hydrogen-bond acceptors (Lipinski definition) is 2. The Morgan fingerprint density at radius 2 is 2.62 bits per heavy atom. The molecule has 0 saturated carbocycles. The molecule has 0 N–H and O–H groups in total. The lowest BCUT2D eigenvalue weighted by Crippen LogP contribution is -1.60. The number of aliphatic imine (C=N–C) groups is 1. The average molecular weight is 105 g/mol. The molecule has 0 aromatic heterocycles. The molecule has 0 aromatic carbocycles. The van der Waals surface area contributed by atoms with Crippen LogP contribution >= 0.6 is 0 Å². The van der Waals surface area contributed by atoms with Crippen molar-refractivity contribution in [1.29, 1.82) is 0 Å². The number of hydrogen-bond donors (Lipinski definition) is 0. The van der Waals surface area contributed by atoms with Crippen LogP contribution in [0.2, 0.25) is 0 Å². The zero-order chi connectivity index (χ0) is 5.82. The first-order valence-corrected chi connectivity index (χ1v) is 2.15. The number of carbonyl (C=O) groups excluding carboxylic acids is 1. The first-order valence-electron chi connectivity index (χ1n) is 2.15. The standard InChI is InChI=1S/C6H3NO/c8-5-7-6-3-1-2-4-6/h1-3H. The minimum Gasteiger partial charge on any atom is -0.211 e. The van der Waals surface area contributed by atoms with Gasteiger partial charge in [-0.3, -0.25) is 0 Å². The van der Waals surface area contributed by atoms with E-state index in [-0.39, 0.29) is 0 Å². The molecular weight excluding hydrogens is 102 g/mol.